The standard InChI is InChI=1S/C16H19N3OS/c1-4-11(2)18-15(20)13-10-17-16(21-3)19-14(13)12-8-6-5-7-9-12/h5-11H,4H2,1-3H3,(H,18,20)/t11-/m1/s1. The Bertz CT molecular complexity index is 616. The fourth-order valence-electron chi connectivity index (χ4n) is 1.85. The number of thioether (sulfide) groups is 1. The smallest absolute Gasteiger partial charge is 0.255 e. The van der Waals surface area contributed by atoms with Crippen molar-refractivity contribution in [2.45, 2.75) is 31.5 Å². The molecule has 1 aromatic heterocycles. The summed E-state index contributed by atoms with van der Waals surface area (Å²) in [7, 11) is 0. The van der Waals surface area contributed by atoms with Gasteiger partial charge in [-0.15, -0.1) is 0 Å². The molecule has 110 valence electrons. The van der Waals surface area contributed by atoms with Crippen LogP contribution in [0.1, 0.15) is 30.6 Å². The van der Waals surface area contributed by atoms with Gasteiger partial charge in [0, 0.05) is 17.8 Å². The zero-order valence-electron chi connectivity index (χ0n) is 12.5. The van der Waals surface area contributed by atoms with E-state index in [1.807, 2.05) is 50.4 Å². The Hall–Kier alpha value is -1.88. The Morgan fingerprint density at radius 3 is 2.67 bits per heavy atom. The molecule has 1 atom stereocenters. The molecule has 4 nitrogen and oxygen atoms in total. The number of amides is 1. The van der Waals surface area contributed by atoms with Crippen LogP contribution in [0.4, 0.5) is 0 Å². The van der Waals surface area contributed by atoms with E-state index in [2.05, 4.69) is 15.3 Å². The number of carbonyl (C=O) groups excluding carboxylic acids is 1. The second-order valence-electron chi connectivity index (χ2n) is 4.77. The van der Waals surface area contributed by atoms with Crippen LogP contribution in [-0.4, -0.2) is 28.2 Å². The van der Waals surface area contributed by atoms with Crippen molar-refractivity contribution < 1.29 is 4.79 Å². The summed E-state index contributed by atoms with van der Waals surface area (Å²) in [5, 5.41) is 3.63. The predicted molar refractivity (Wildman–Crippen MR) is 86.5 cm³/mol. The van der Waals surface area contributed by atoms with Crippen molar-refractivity contribution in [3.8, 4) is 11.3 Å². The molecule has 0 unspecified atom stereocenters. The summed E-state index contributed by atoms with van der Waals surface area (Å²) in [6.07, 6.45) is 4.41. The van der Waals surface area contributed by atoms with Crippen molar-refractivity contribution in [3.05, 3.63) is 42.1 Å². The second-order valence-corrected chi connectivity index (χ2v) is 5.54. The Kier molecular flexibility index (Phi) is 5.33. The van der Waals surface area contributed by atoms with E-state index in [0.29, 0.717) is 16.4 Å². The lowest BCUT2D eigenvalue weighted by Gasteiger charge is -2.14. The van der Waals surface area contributed by atoms with Crippen LogP contribution in [0.15, 0.2) is 41.7 Å². The van der Waals surface area contributed by atoms with Gasteiger partial charge in [0.05, 0.1) is 11.3 Å². The Morgan fingerprint density at radius 1 is 1.33 bits per heavy atom. The van der Waals surface area contributed by atoms with Gasteiger partial charge in [0.25, 0.3) is 5.91 Å². The maximum Gasteiger partial charge on any atom is 0.255 e. The number of carbonyl (C=O) groups is 1. The molecular formula is C16H19N3OS. The lowest BCUT2D eigenvalue weighted by Crippen LogP contribution is -2.32. The summed E-state index contributed by atoms with van der Waals surface area (Å²) >= 11 is 1.46. The first-order chi connectivity index (χ1) is 10.2. The van der Waals surface area contributed by atoms with Crippen LogP contribution in [0.5, 0.6) is 0 Å². The maximum atomic E-state index is 12.4. The summed E-state index contributed by atoms with van der Waals surface area (Å²) in [4.78, 5) is 21.1. The first kappa shape index (κ1) is 15.5. The molecule has 0 saturated heterocycles. The van der Waals surface area contributed by atoms with Crippen LogP contribution in [0.2, 0.25) is 0 Å². The molecule has 0 radical (unpaired) electrons. The number of nitrogens with zero attached hydrogens (tertiary/aromatic N) is 2. The minimum absolute atomic E-state index is 0.126. The highest BCUT2D eigenvalue weighted by atomic mass is 32.2. The van der Waals surface area contributed by atoms with E-state index in [1.165, 1.54) is 11.8 Å². The van der Waals surface area contributed by atoms with Crippen LogP contribution in [-0.2, 0) is 0 Å². The molecule has 0 aliphatic rings. The quantitative estimate of drug-likeness (QED) is 0.679. The summed E-state index contributed by atoms with van der Waals surface area (Å²) < 4.78 is 0. The van der Waals surface area contributed by atoms with Crippen molar-refractivity contribution in [1.29, 1.82) is 0 Å². The predicted octanol–water partition coefficient (Wildman–Crippen LogP) is 3.39. The molecule has 1 N–H and O–H groups in total. The zero-order valence-corrected chi connectivity index (χ0v) is 13.3. The Labute approximate surface area is 129 Å². The molecule has 1 amide bonds. The molecule has 21 heavy (non-hydrogen) atoms. The van der Waals surface area contributed by atoms with E-state index in [9.17, 15) is 4.79 Å². The first-order valence-corrected chi connectivity index (χ1v) is 8.15. The van der Waals surface area contributed by atoms with Gasteiger partial charge in [-0.05, 0) is 19.6 Å². The lowest BCUT2D eigenvalue weighted by atomic mass is 10.1. The average Bonchev–Trinajstić information content (AvgIpc) is 2.54. The van der Waals surface area contributed by atoms with Gasteiger partial charge in [0.15, 0.2) is 5.16 Å². The van der Waals surface area contributed by atoms with Gasteiger partial charge >= 0.3 is 0 Å². The number of hydrogen-bond acceptors (Lipinski definition) is 4. The Balaban J connectivity index is 2.43. The van der Waals surface area contributed by atoms with Crippen molar-refractivity contribution in [1.82, 2.24) is 15.3 Å². The van der Waals surface area contributed by atoms with Crippen LogP contribution in [0.3, 0.4) is 0 Å². The SMILES string of the molecule is CC[C@@H](C)NC(=O)c1cnc(SC)nc1-c1ccccc1. The molecular weight excluding hydrogens is 282 g/mol. The third-order valence-electron chi connectivity index (χ3n) is 3.23. The minimum atomic E-state index is -0.129. The van der Waals surface area contributed by atoms with Crippen LogP contribution >= 0.6 is 11.8 Å². The van der Waals surface area contributed by atoms with Crippen LogP contribution in [0, 0.1) is 0 Å². The normalized spacial score (nSPS) is 12.0. The highest BCUT2D eigenvalue weighted by molar-refractivity contribution is 7.98. The van der Waals surface area contributed by atoms with Crippen LogP contribution < -0.4 is 5.32 Å². The summed E-state index contributed by atoms with van der Waals surface area (Å²) in [6, 6.07) is 9.85. The van der Waals surface area contributed by atoms with E-state index >= 15 is 0 Å². The molecule has 0 bridgehead atoms. The molecule has 1 heterocycles. The van der Waals surface area contributed by atoms with Gasteiger partial charge in [-0.1, -0.05) is 49.0 Å². The fraction of sp³-hybridized carbons (Fsp3) is 0.312. The molecule has 0 spiro atoms. The van der Waals surface area contributed by atoms with E-state index < -0.39 is 0 Å². The number of nitrogens with one attached hydrogen (secondary N) is 1. The van der Waals surface area contributed by atoms with Crippen LogP contribution in [0.25, 0.3) is 11.3 Å². The molecule has 5 heteroatoms. The van der Waals surface area contributed by atoms with Crippen molar-refractivity contribution in [3.63, 3.8) is 0 Å². The van der Waals surface area contributed by atoms with E-state index in [0.717, 1.165) is 12.0 Å². The zero-order chi connectivity index (χ0) is 15.2. The van der Waals surface area contributed by atoms with Crippen molar-refractivity contribution in [2.24, 2.45) is 0 Å². The van der Waals surface area contributed by atoms with Gasteiger partial charge in [-0.2, -0.15) is 0 Å². The van der Waals surface area contributed by atoms with E-state index in [-0.39, 0.29) is 11.9 Å². The average molecular weight is 301 g/mol. The number of hydrogen-bond donors (Lipinski definition) is 1. The fourth-order valence-corrected chi connectivity index (χ4v) is 2.19. The summed E-state index contributed by atoms with van der Waals surface area (Å²) in [5.74, 6) is -0.129. The second kappa shape index (κ2) is 7.22. The van der Waals surface area contributed by atoms with Gasteiger partial charge in [-0.25, -0.2) is 9.97 Å². The Morgan fingerprint density at radius 2 is 2.05 bits per heavy atom. The lowest BCUT2D eigenvalue weighted by molar-refractivity contribution is 0.0939. The molecule has 2 aromatic rings. The van der Waals surface area contributed by atoms with Gasteiger partial charge in [-0.3, -0.25) is 4.79 Å². The molecule has 0 aliphatic carbocycles. The molecule has 0 fully saturated rings. The number of aromatic nitrogens is 2. The number of benzene rings is 1. The van der Waals surface area contributed by atoms with Gasteiger partial charge in [0.1, 0.15) is 0 Å². The topological polar surface area (TPSA) is 54.9 Å². The van der Waals surface area contributed by atoms with E-state index in [4.69, 9.17) is 0 Å². The third-order valence-corrected chi connectivity index (χ3v) is 3.79. The molecule has 2 rings (SSSR count). The third kappa shape index (κ3) is 3.82. The summed E-state index contributed by atoms with van der Waals surface area (Å²) in [6.45, 7) is 4.02. The monoisotopic (exact) mass is 301 g/mol. The molecule has 0 aliphatic heterocycles. The largest absolute Gasteiger partial charge is 0.349 e. The van der Waals surface area contributed by atoms with Crippen molar-refractivity contribution >= 4 is 17.7 Å². The number of rotatable bonds is 5. The molecule has 0 saturated carbocycles. The first-order valence-electron chi connectivity index (χ1n) is 6.93. The molecule has 1 aromatic carbocycles. The highest BCUT2D eigenvalue weighted by Gasteiger charge is 2.17. The van der Waals surface area contributed by atoms with Gasteiger partial charge < -0.3 is 5.32 Å². The van der Waals surface area contributed by atoms with Gasteiger partial charge in [0.2, 0.25) is 0 Å². The van der Waals surface area contributed by atoms with Crippen molar-refractivity contribution in [2.75, 3.05) is 6.26 Å². The van der Waals surface area contributed by atoms with E-state index in [1.54, 1.807) is 6.20 Å². The highest BCUT2D eigenvalue weighted by Crippen LogP contribution is 2.23. The maximum absolute atomic E-state index is 12.4. The minimum Gasteiger partial charge on any atom is -0.349 e. The summed E-state index contributed by atoms with van der Waals surface area (Å²) in [5.41, 5.74) is 2.11.